The van der Waals surface area contributed by atoms with Crippen molar-refractivity contribution in [3.8, 4) is 11.5 Å². The third-order valence-electron chi connectivity index (χ3n) is 3.38. The molecule has 0 aromatic heterocycles. The Morgan fingerprint density at radius 2 is 1.46 bits per heavy atom. The number of benzene rings is 3. The summed E-state index contributed by atoms with van der Waals surface area (Å²) in [7, 11) is 0. The van der Waals surface area contributed by atoms with Crippen LogP contribution in [0.3, 0.4) is 0 Å². The average molecular weight is 372 g/mol. The molecule has 0 radical (unpaired) electrons. The lowest BCUT2D eigenvalue weighted by atomic mass is 10.1. The van der Waals surface area contributed by atoms with Gasteiger partial charge in [0.1, 0.15) is 5.75 Å². The molecule has 0 aliphatic carbocycles. The van der Waals surface area contributed by atoms with Crippen molar-refractivity contribution in [2.75, 3.05) is 5.73 Å². The summed E-state index contributed by atoms with van der Waals surface area (Å²) in [6, 6.07) is 12.1. The van der Waals surface area contributed by atoms with E-state index in [-0.39, 0.29) is 15.8 Å². The van der Waals surface area contributed by atoms with Crippen molar-refractivity contribution in [1.29, 1.82) is 0 Å². The summed E-state index contributed by atoms with van der Waals surface area (Å²) in [4.78, 5) is 0. The van der Waals surface area contributed by atoms with Crippen LogP contribution < -0.4 is 10.5 Å². The molecule has 0 saturated heterocycles. The van der Waals surface area contributed by atoms with Gasteiger partial charge < -0.3 is 10.5 Å². The van der Waals surface area contributed by atoms with Crippen molar-refractivity contribution >= 4 is 39.7 Å². The van der Waals surface area contributed by atoms with Gasteiger partial charge in [-0.15, -0.1) is 0 Å². The number of nitrogen functional groups attached to an aromatic ring is 1. The lowest BCUT2D eigenvalue weighted by molar-refractivity contribution is -0.137. The van der Waals surface area contributed by atoms with E-state index >= 15 is 0 Å². The maximum absolute atomic E-state index is 12.7. The highest BCUT2D eigenvalue weighted by molar-refractivity contribution is 6.37. The summed E-state index contributed by atoms with van der Waals surface area (Å²) < 4.78 is 43.8. The van der Waals surface area contributed by atoms with Gasteiger partial charge in [0.2, 0.25) is 0 Å². The molecule has 0 atom stereocenters. The number of fused-ring (bicyclic) bond motifs is 1. The molecule has 3 aromatic rings. The van der Waals surface area contributed by atoms with Gasteiger partial charge in [0.25, 0.3) is 0 Å². The van der Waals surface area contributed by atoms with Crippen LogP contribution in [-0.4, -0.2) is 0 Å². The zero-order valence-electron chi connectivity index (χ0n) is 12.0. The minimum Gasteiger partial charge on any atom is -0.454 e. The highest BCUT2D eigenvalue weighted by Crippen LogP contribution is 2.42. The molecule has 3 aromatic carbocycles. The quantitative estimate of drug-likeness (QED) is 0.519. The Morgan fingerprint density at radius 3 is 2.08 bits per heavy atom. The monoisotopic (exact) mass is 371 g/mol. The molecule has 124 valence electrons. The van der Waals surface area contributed by atoms with E-state index in [9.17, 15) is 13.2 Å². The molecule has 2 N–H and O–H groups in total. The second-order valence-corrected chi connectivity index (χ2v) is 5.95. The molecule has 7 heteroatoms. The standard InChI is InChI=1S/C17H10Cl2F3NO/c18-14-7-11(17(20,21)22)8-15(19)16(14)24-13-4-2-9-1-3-12(23)5-10(9)6-13/h1-8H,23H2. The number of rotatable bonds is 2. The minimum absolute atomic E-state index is 0.0328. The largest absolute Gasteiger partial charge is 0.454 e. The number of alkyl halides is 3. The van der Waals surface area contributed by atoms with Crippen LogP contribution in [-0.2, 0) is 6.18 Å². The van der Waals surface area contributed by atoms with E-state index in [0.29, 0.717) is 11.4 Å². The number of hydrogen-bond donors (Lipinski definition) is 1. The van der Waals surface area contributed by atoms with Gasteiger partial charge in [-0.25, -0.2) is 0 Å². The fourth-order valence-corrected chi connectivity index (χ4v) is 2.81. The predicted molar refractivity (Wildman–Crippen MR) is 89.9 cm³/mol. The van der Waals surface area contributed by atoms with Gasteiger partial charge >= 0.3 is 6.18 Å². The number of nitrogens with two attached hydrogens (primary N) is 1. The Morgan fingerprint density at radius 1 is 0.833 bits per heavy atom. The van der Waals surface area contributed by atoms with Crippen LogP contribution in [0.25, 0.3) is 10.8 Å². The molecule has 3 rings (SSSR count). The highest BCUT2D eigenvalue weighted by Gasteiger charge is 2.32. The summed E-state index contributed by atoms with van der Waals surface area (Å²) >= 11 is 11.8. The Labute approximate surface area is 145 Å². The van der Waals surface area contributed by atoms with Crippen molar-refractivity contribution in [2.24, 2.45) is 0 Å². The van der Waals surface area contributed by atoms with Crippen LogP contribution in [0, 0.1) is 0 Å². The fraction of sp³-hybridized carbons (Fsp3) is 0.0588. The fourth-order valence-electron chi connectivity index (χ4n) is 2.25. The lowest BCUT2D eigenvalue weighted by Crippen LogP contribution is -2.05. The smallest absolute Gasteiger partial charge is 0.416 e. The van der Waals surface area contributed by atoms with E-state index in [1.807, 2.05) is 6.07 Å². The van der Waals surface area contributed by atoms with Crippen molar-refractivity contribution < 1.29 is 17.9 Å². The van der Waals surface area contributed by atoms with Crippen molar-refractivity contribution in [3.05, 3.63) is 64.1 Å². The summed E-state index contributed by atoms with van der Waals surface area (Å²) in [6.45, 7) is 0. The maximum atomic E-state index is 12.7. The van der Waals surface area contributed by atoms with E-state index in [0.717, 1.165) is 22.9 Å². The number of hydrogen-bond acceptors (Lipinski definition) is 2. The Hall–Kier alpha value is -2.11. The van der Waals surface area contributed by atoms with E-state index in [2.05, 4.69) is 0 Å². The molecule has 0 fully saturated rings. The second-order valence-electron chi connectivity index (χ2n) is 5.14. The molecule has 0 aliphatic heterocycles. The Bertz CT molecular complexity index is 902. The van der Waals surface area contributed by atoms with Crippen LogP contribution in [0.2, 0.25) is 10.0 Å². The molecular formula is C17H10Cl2F3NO. The van der Waals surface area contributed by atoms with Gasteiger partial charge in [0, 0.05) is 5.69 Å². The Kier molecular flexibility index (Phi) is 4.24. The summed E-state index contributed by atoms with van der Waals surface area (Å²) in [6.07, 6.45) is -4.54. The van der Waals surface area contributed by atoms with Crippen LogP contribution in [0.4, 0.5) is 18.9 Å². The zero-order valence-corrected chi connectivity index (χ0v) is 13.5. The average Bonchev–Trinajstić information content (AvgIpc) is 2.49. The molecular weight excluding hydrogens is 362 g/mol. The molecule has 0 bridgehead atoms. The van der Waals surface area contributed by atoms with Gasteiger partial charge in [-0.3, -0.25) is 0 Å². The van der Waals surface area contributed by atoms with Gasteiger partial charge in [-0.1, -0.05) is 35.3 Å². The van der Waals surface area contributed by atoms with Gasteiger partial charge in [-0.2, -0.15) is 13.2 Å². The van der Waals surface area contributed by atoms with Gasteiger partial charge in [0.15, 0.2) is 5.75 Å². The first-order chi connectivity index (χ1) is 11.2. The molecule has 0 amide bonds. The summed E-state index contributed by atoms with van der Waals surface area (Å²) in [5, 5.41) is 1.33. The van der Waals surface area contributed by atoms with Crippen LogP contribution in [0.15, 0.2) is 48.5 Å². The number of halogens is 5. The minimum atomic E-state index is -4.54. The third kappa shape index (κ3) is 3.37. The molecule has 0 unspecified atom stereocenters. The first-order valence-corrected chi connectivity index (χ1v) is 7.53. The second kappa shape index (κ2) is 6.07. The van der Waals surface area contributed by atoms with Crippen molar-refractivity contribution in [1.82, 2.24) is 0 Å². The SMILES string of the molecule is Nc1ccc2ccc(Oc3c(Cl)cc(C(F)(F)F)cc3Cl)cc2c1. The molecule has 24 heavy (non-hydrogen) atoms. The maximum Gasteiger partial charge on any atom is 0.416 e. The van der Waals surface area contributed by atoms with E-state index in [1.54, 1.807) is 30.3 Å². The summed E-state index contributed by atoms with van der Waals surface area (Å²) in [5.41, 5.74) is 5.40. The Balaban J connectivity index is 1.99. The molecule has 0 spiro atoms. The third-order valence-corrected chi connectivity index (χ3v) is 3.94. The molecule has 2 nitrogen and oxygen atoms in total. The summed E-state index contributed by atoms with van der Waals surface area (Å²) in [5.74, 6) is 0.353. The van der Waals surface area contributed by atoms with Crippen LogP contribution in [0.5, 0.6) is 11.5 Å². The van der Waals surface area contributed by atoms with Gasteiger partial charge in [0.05, 0.1) is 15.6 Å². The van der Waals surface area contributed by atoms with Crippen molar-refractivity contribution in [2.45, 2.75) is 6.18 Å². The van der Waals surface area contributed by atoms with Crippen LogP contribution >= 0.6 is 23.2 Å². The highest BCUT2D eigenvalue weighted by atomic mass is 35.5. The van der Waals surface area contributed by atoms with E-state index < -0.39 is 11.7 Å². The number of anilines is 1. The molecule has 0 saturated carbocycles. The van der Waals surface area contributed by atoms with Gasteiger partial charge in [-0.05, 0) is 47.2 Å². The van der Waals surface area contributed by atoms with E-state index in [1.165, 1.54) is 0 Å². The van der Waals surface area contributed by atoms with Crippen LogP contribution in [0.1, 0.15) is 5.56 Å². The normalized spacial score (nSPS) is 11.7. The van der Waals surface area contributed by atoms with E-state index in [4.69, 9.17) is 33.7 Å². The lowest BCUT2D eigenvalue weighted by Gasteiger charge is -2.13. The predicted octanol–water partition coefficient (Wildman–Crippen LogP) is 6.54. The number of ether oxygens (including phenoxy) is 1. The first-order valence-electron chi connectivity index (χ1n) is 6.77. The molecule has 0 heterocycles. The van der Waals surface area contributed by atoms with Crippen molar-refractivity contribution in [3.63, 3.8) is 0 Å². The zero-order chi connectivity index (χ0) is 17.5. The topological polar surface area (TPSA) is 35.2 Å². The first kappa shape index (κ1) is 16.7. The molecule has 0 aliphatic rings.